The van der Waals surface area contributed by atoms with Crippen molar-refractivity contribution in [2.75, 3.05) is 36.8 Å². The standard InChI is InChI=1S/C24H26ClN7O2S/c1-15-6-4-7-18(20(15)25)28-24(35)30-23(29-22-26-16(2)14-17(3)27-22)32-11-9-31(10-12-32)21(33)19-8-5-13-34-19/h4-8,13-14H,9-12H2,1-3H3,(H2,26,27,28,29,30,35). The molecule has 0 bridgehead atoms. The van der Waals surface area contributed by atoms with Gasteiger partial charge >= 0.3 is 0 Å². The van der Waals surface area contributed by atoms with E-state index in [1.54, 1.807) is 17.0 Å². The van der Waals surface area contributed by atoms with E-state index in [1.807, 2.05) is 49.9 Å². The van der Waals surface area contributed by atoms with Crippen molar-refractivity contribution in [3.63, 3.8) is 0 Å². The summed E-state index contributed by atoms with van der Waals surface area (Å²) < 4.78 is 5.26. The van der Waals surface area contributed by atoms with Crippen molar-refractivity contribution in [1.82, 2.24) is 19.8 Å². The van der Waals surface area contributed by atoms with Crippen LogP contribution < -0.4 is 10.6 Å². The number of aryl methyl sites for hydroxylation is 3. The Morgan fingerprint density at radius 2 is 1.71 bits per heavy atom. The second-order valence-electron chi connectivity index (χ2n) is 8.16. The van der Waals surface area contributed by atoms with Crippen LogP contribution >= 0.6 is 23.8 Å². The number of halogens is 1. The van der Waals surface area contributed by atoms with Gasteiger partial charge in [0.1, 0.15) is 0 Å². The summed E-state index contributed by atoms with van der Waals surface area (Å²) in [6, 6.07) is 10.9. The van der Waals surface area contributed by atoms with Crippen LogP contribution in [0.15, 0.2) is 52.1 Å². The lowest BCUT2D eigenvalue weighted by Crippen LogP contribution is -2.52. The predicted octanol–water partition coefficient (Wildman–Crippen LogP) is 4.27. The maximum atomic E-state index is 12.6. The van der Waals surface area contributed by atoms with Crippen molar-refractivity contribution >= 4 is 52.4 Å². The Kier molecular flexibility index (Phi) is 7.62. The second kappa shape index (κ2) is 10.8. The Hall–Kier alpha value is -3.50. The number of aromatic nitrogens is 2. The van der Waals surface area contributed by atoms with Gasteiger partial charge in [0, 0.05) is 37.6 Å². The van der Waals surface area contributed by atoms with Gasteiger partial charge in [0.05, 0.1) is 17.0 Å². The monoisotopic (exact) mass is 511 g/mol. The molecule has 1 aliphatic rings. The lowest BCUT2D eigenvalue weighted by molar-refractivity contribution is 0.0660. The topological polar surface area (TPSA) is 98.9 Å². The molecule has 3 heterocycles. The van der Waals surface area contributed by atoms with Crippen molar-refractivity contribution in [3.05, 3.63) is 70.4 Å². The summed E-state index contributed by atoms with van der Waals surface area (Å²) in [4.78, 5) is 30.0. The van der Waals surface area contributed by atoms with Crippen LogP contribution in [0.1, 0.15) is 27.5 Å². The first kappa shape index (κ1) is 24.6. The normalized spacial score (nSPS) is 14.1. The summed E-state index contributed by atoms with van der Waals surface area (Å²) in [5.74, 6) is 1.10. The summed E-state index contributed by atoms with van der Waals surface area (Å²) >= 11 is 11.9. The van der Waals surface area contributed by atoms with Crippen LogP contribution in [0.2, 0.25) is 5.02 Å². The molecule has 0 spiro atoms. The van der Waals surface area contributed by atoms with Crippen LogP contribution in [0.3, 0.4) is 0 Å². The third kappa shape index (κ3) is 6.14. The summed E-state index contributed by atoms with van der Waals surface area (Å²) in [5, 5.41) is 7.14. The number of hydrogen-bond donors (Lipinski definition) is 2. The fourth-order valence-electron chi connectivity index (χ4n) is 3.72. The number of benzene rings is 1. The lowest BCUT2D eigenvalue weighted by atomic mass is 10.2. The molecule has 0 aliphatic carbocycles. The van der Waals surface area contributed by atoms with E-state index in [0.29, 0.717) is 54.6 Å². The zero-order valence-corrected chi connectivity index (χ0v) is 21.3. The molecule has 11 heteroatoms. The van der Waals surface area contributed by atoms with E-state index in [-0.39, 0.29) is 11.0 Å². The molecule has 1 saturated heterocycles. The van der Waals surface area contributed by atoms with Gasteiger partial charge < -0.3 is 19.5 Å². The van der Waals surface area contributed by atoms with Crippen molar-refractivity contribution < 1.29 is 9.21 Å². The molecule has 0 atom stereocenters. The number of carbonyl (C=O) groups excluding carboxylic acids is 1. The molecule has 182 valence electrons. The van der Waals surface area contributed by atoms with E-state index in [4.69, 9.17) is 28.2 Å². The van der Waals surface area contributed by atoms with Crippen LogP contribution in [0.4, 0.5) is 11.6 Å². The number of amides is 1. The summed E-state index contributed by atoms with van der Waals surface area (Å²) in [7, 11) is 0. The predicted molar refractivity (Wildman–Crippen MR) is 141 cm³/mol. The van der Waals surface area contributed by atoms with Crippen molar-refractivity contribution in [1.29, 1.82) is 0 Å². The van der Waals surface area contributed by atoms with Crippen molar-refractivity contribution in [2.45, 2.75) is 20.8 Å². The number of guanidine groups is 1. The molecule has 0 unspecified atom stereocenters. The highest BCUT2D eigenvalue weighted by Gasteiger charge is 2.26. The number of nitrogens with one attached hydrogen (secondary N) is 2. The fraction of sp³-hybridized carbons (Fsp3) is 0.292. The quantitative estimate of drug-likeness (QED) is 0.305. The zero-order valence-electron chi connectivity index (χ0n) is 19.7. The number of aliphatic imine (C=N–C) groups is 1. The molecule has 4 rings (SSSR count). The molecule has 2 aromatic heterocycles. The van der Waals surface area contributed by atoms with Gasteiger partial charge in [-0.25, -0.2) is 9.97 Å². The van der Waals surface area contributed by atoms with Gasteiger partial charge in [-0.05, 0) is 62.8 Å². The van der Waals surface area contributed by atoms with Gasteiger partial charge in [0.15, 0.2) is 5.76 Å². The van der Waals surface area contributed by atoms with Gasteiger partial charge in [0.2, 0.25) is 17.0 Å². The highest BCUT2D eigenvalue weighted by molar-refractivity contribution is 7.80. The lowest BCUT2D eigenvalue weighted by Gasteiger charge is -2.36. The first-order valence-corrected chi connectivity index (χ1v) is 11.9. The van der Waals surface area contributed by atoms with E-state index in [9.17, 15) is 4.79 Å². The number of furan rings is 1. The van der Waals surface area contributed by atoms with Gasteiger partial charge in [-0.15, -0.1) is 0 Å². The molecule has 2 N–H and O–H groups in total. The van der Waals surface area contributed by atoms with Gasteiger partial charge in [-0.1, -0.05) is 23.7 Å². The average molecular weight is 512 g/mol. The SMILES string of the molecule is Cc1cc(C)nc(N/C(=N/C(=S)Nc2cccc(C)c2Cl)N2CCN(C(=O)c3ccco3)CC2)n1. The molecule has 35 heavy (non-hydrogen) atoms. The molecular weight excluding hydrogens is 486 g/mol. The minimum Gasteiger partial charge on any atom is -0.459 e. The Morgan fingerprint density at radius 3 is 2.37 bits per heavy atom. The number of thiocarbonyl (C=S) groups is 1. The van der Waals surface area contributed by atoms with Crippen molar-refractivity contribution in [2.24, 2.45) is 4.99 Å². The Bertz CT molecular complexity index is 1230. The minimum atomic E-state index is -0.134. The number of rotatable bonds is 3. The Morgan fingerprint density at radius 1 is 1.03 bits per heavy atom. The third-order valence-corrected chi connectivity index (χ3v) is 6.14. The highest BCUT2D eigenvalue weighted by Crippen LogP contribution is 2.25. The summed E-state index contributed by atoms with van der Waals surface area (Å²) in [6.45, 7) is 7.81. The summed E-state index contributed by atoms with van der Waals surface area (Å²) in [6.07, 6.45) is 1.50. The first-order valence-electron chi connectivity index (χ1n) is 11.1. The van der Waals surface area contributed by atoms with Crippen LogP contribution in [-0.2, 0) is 0 Å². The molecule has 1 amide bonds. The second-order valence-corrected chi connectivity index (χ2v) is 8.92. The average Bonchev–Trinajstić information content (AvgIpc) is 3.36. The molecule has 9 nitrogen and oxygen atoms in total. The molecular formula is C24H26ClN7O2S. The maximum absolute atomic E-state index is 12.6. The smallest absolute Gasteiger partial charge is 0.289 e. The van der Waals surface area contributed by atoms with Crippen LogP contribution in [0, 0.1) is 20.8 Å². The third-order valence-electron chi connectivity index (χ3n) is 5.45. The summed E-state index contributed by atoms with van der Waals surface area (Å²) in [5.41, 5.74) is 3.28. The van der Waals surface area contributed by atoms with Crippen molar-refractivity contribution in [3.8, 4) is 0 Å². The van der Waals surface area contributed by atoms with E-state index in [2.05, 4.69) is 25.6 Å². The fourth-order valence-corrected chi connectivity index (χ4v) is 4.09. The van der Waals surface area contributed by atoms with Gasteiger partial charge in [-0.3, -0.25) is 10.1 Å². The Labute approximate surface area is 214 Å². The Balaban J connectivity index is 1.53. The van der Waals surface area contributed by atoms with Crippen LogP contribution in [0.5, 0.6) is 0 Å². The largest absolute Gasteiger partial charge is 0.459 e. The maximum Gasteiger partial charge on any atom is 0.289 e. The minimum absolute atomic E-state index is 0.134. The number of carbonyl (C=O) groups is 1. The number of hydrogen-bond acceptors (Lipinski definition) is 5. The number of piperazine rings is 1. The van der Waals surface area contributed by atoms with Gasteiger partial charge in [0.25, 0.3) is 5.91 Å². The van der Waals surface area contributed by atoms with Crippen LogP contribution in [-0.4, -0.2) is 62.9 Å². The van der Waals surface area contributed by atoms with Crippen LogP contribution in [0.25, 0.3) is 0 Å². The number of anilines is 2. The number of nitrogens with zero attached hydrogens (tertiary/aromatic N) is 5. The van der Waals surface area contributed by atoms with E-state index in [1.165, 1.54) is 6.26 Å². The van der Waals surface area contributed by atoms with E-state index < -0.39 is 0 Å². The molecule has 3 aromatic rings. The highest BCUT2D eigenvalue weighted by atomic mass is 35.5. The molecule has 1 aliphatic heterocycles. The first-order chi connectivity index (χ1) is 16.8. The molecule has 0 saturated carbocycles. The molecule has 1 fully saturated rings. The van der Waals surface area contributed by atoms with E-state index >= 15 is 0 Å². The molecule has 1 aromatic carbocycles. The zero-order chi connectivity index (χ0) is 24.9. The van der Waals surface area contributed by atoms with Gasteiger partial charge in [-0.2, -0.15) is 4.99 Å². The molecule has 0 radical (unpaired) electrons. The van der Waals surface area contributed by atoms with E-state index in [0.717, 1.165) is 17.0 Å².